The third-order valence-corrected chi connectivity index (χ3v) is 2.49. The summed E-state index contributed by atoms with van der Waals surface area (Å²) >= 11 is 0. The van der Waals surface area contributed by atoms with Crippen molar-refractivity contribution in [3.63, 3.8) is 0 Å². The topological polar surface area (TPSA) is 55.1 Å². The number of rotatable bonds is 4. The van der Waals surface area contributed by atoms with Crippen LogP contribution in [0.15, 0.2) is 18.2 Å². The smallest absolute Gasteiger partial charge is 0.237 e. The molecule has 0 radical (unpaired) electrons. The molecule has 1 rings (SSSR count). The predicted molar refractivity (Wildman–Crippen MR) is 68.3 cm³/mol. The molecule has 0 unspecified atom stereocenters. The summed E-state index contributed by atoms with van der Waals surface area (Å²) in [4.78, 5) is 11.5. The highest BCUT2D eigenvalue weighted by Crippen LogP contribution is 2.09. The average Bonchev–Trinajstić information content (AvgIpc) is 2.26. The number of carbonyl (C=O) groups excluding carboxylic acids is 1. The van der Waals surface area contributed by atoms with Crippen LogP contribution in [0.2, 0.25) is 0 Å². The van der Waals surface area contributed by atoms with Gasteiger partial charge >= 0.3 is 0 Å². The van der Waals surface area contributed by atoms with Crippen molar-refractivity contribution < 1.29 is 13.6 Å². The van der Waals surface area contributed by atoms with Crippen molar-refractivity contribution in [1.82, 2.24) is 5.32 Å². The second-order valence-corrected chi connectivity index (χ2v) is 4.22. The molecule has 1 aromatic rings. The van der Waals surface area contributed by atoms with Gasteiger partial charge in [0.15, 0.2) is 0 Å². The highest BCUT2D eigenvalue weighted by Gasteiger charge is 2.17. The minimum atomic E-state index is -0.677. The third-order valence-electron chi connectivity index (χ3n) is 2.49. The Kier molecular flexibility index (Phi) is 6.80. The maximum Gasteiger partial charge on any atom is 0.237 e. The van der Waals surface area contributed by atoms with E-state index in [9.17, 15) is 13.6 Å². The monoisotopic (exact) mass is 278 g/mol. The van der Waals surface area contributed by atoms with Gasteiger partial charge in [-0.15, -0.1) is 12.4 Å². The van der Waals surface area contributed by atoms with Crippen LogP contribution in [0.5, 0.6) is 0 Å². The van der Waals surface area contributed by atoms with Gasteiger partial charge in [-0.05, 0) is 12.0 Å². The maximum absolute atomic E-state index is 13.2. The maximum atomic E-state index is 13.2. The molecule has 0 aliphatic rings. The lowest BCUT2D eigenvalue weighted by molar-refractivity contribution is -0.123. The lowest BCUT2D eigenvalue weighted by Gasteiger charge is -2.15. The molecule has 18 heavy (non-hydrogen) atoms. The number of nitrogens with one attached hydrogen (secondary N) is 1. The van der Waals surface area contributed by atoms with Crippen LogP contribution in [0.3, 0.4) is 0 Å². The molecule has 0 heterocycles. The van der Waals surface area contributed by atoms with Crippen LogP contribution < -0.4 is 11.1 Å². The van der Waals surface area contributed by atoms with Gasteiger partial charge in [-0.2, -0.15) is 0 Å². The number of hydrogen-bond acceptors (Lipinski definition) is 2. The van der Waals surface area contributed by atoms with Gasteiger partial charge in [-0.3, -0.25) is 4.79 Å². The molecular formula is C12H17ClF2N2O. The predicted octanol–water partition coefficient (Wildman–Crippen LogP) is 1.99. The molecule has 0 saturated heterocycles. The van der Waals surface area contributed by atoms with Gasteiger partial charge in [0.25, 0.3) is 0 Å². The van der Waals surface area contributed by atoms with Gasteiger partial charge in [0.1, 0.15) is 11.6 Å². The number of benzene rings is 1. The normalized spacial score (nSPS) is 11.9. The molecule has 0 aliphatic carbocycles. The van der Waals surface area contributed by atoms with Gasteiger partial charge in [0.2, 0.25) is 5.91 Å². The first-order chi connectivity index (χ1) is 7.91. The Morgan fingerprint density at radius 2 is 2.00 bits per heavy atom. The molecular weight excluding hydrogens is 262 g/mol. The van der Waals surface area contributed by atoms with Crippen LogP contribution in [0.25, 0.3) is 0 Å². The van der Waals surface area contributed by atoms with Gasteiger partial charge < -0.3 is 11.1 Å². The standard InChI is InChI=1S/C12H16F2N2O.ClH/c1-7(2)11(15)12(17)16-6-8-3-4-9(13)5-10(8)14;/h3-5,7,11H,6,15H2,1-2H3,(H,16,17);1H/t11-;/m0./s1. The zero-order valence-corrected chi connectivity index (χ0v) is 11.1. The third kappa shape index (κ3) is 4.58. The van der Waals surface area contributed by atoms with E-state index in [0.29, 0.717) is 0 Å². The van der Waals surface area contributed by atoms with E-state index in [1.54, 1.807) is 0 Å². The van der Waals surface area contributed by atoms with E-state index in [2.05, 4.69) is 5.32 Å². The molecule has 0 saturated carbocycles. The largest absolute Gasteiger partial charge is 0.351 e. The van der Waals surface area contributed by atoms with E-state index >= 15 is 0 Å². The van der Waals surface area contributed by atoms with Gasteiger partial charge in [-0.1, -0.05) is 19.9 Å². The van der Waals surface area contributed by atoms with E-state index < -0.39 is 17.7 Å². The summed E-state index contributed by atoms with van der Waals surface area (Å²) in [6, 6.07) is 2.60. The summed E-state index contributed by atoms with van der Waals surface area (Å²) in [6.45, 7) is 3.65. The fraction of sp³-hybridized carbons (Fsp3) is 0.417. The Bertz CT molecular complexity index is 413. The average molecular weight is 279 g/mol. The summed E-state index contributed by atoms with van der Waals surface area (Å²) in [5, 5.41) is 2.51. The molecule has 0 aliphatic heterocycles. The summed E-state index contributed by atoms with van der Waals surface area (Å²) in [6.07, 6.45) is 0. The molecule has 1 aromatic carbocycles. The first kappa shape index (κ1) is 16.8. The molecule has 3 N–H and O–H groups in total. The van der Waals surface area contributed by atoms with E-state index in [0.717, 1.165) is 12.1 Å². The summed E-state index contributed by atoms with van der Waals surface area (Å²) in [5.74, 6) is -1.66. The van der Waals surface area contributed by atoms with Crippen molar-refractivity contribution in [2.75, 3.05) is 0 Å². The molecule has 102 valence electrons. The molecule has 3 nitrogen and oxygen atoms in total. The lowest BCUT2D eigenvalue weighted by Crippen LogP contribution is -2.43. The number of halogens is 3. The summed E-state index contributed by atoms with van der Waals surface area (Å²) in [7, 11) is 0. The van der Waals surface area contributed by atoms with Crippen LogP contribution in [-0.4, -0.2) is 11.9 Å². The Balaban J connectivity index is 0.00000289. The molecule has 1 amide bonds. The van der Waals surface area contributed by atoms with Crippen molar-refractivity contribution >= 4 is 18.3 Å². The van der Waals surface area contributed by atoms with Crippen molar-refractivity contribution in [2.24, 2.45) is 11.7 Å². The first-order valence-electron chi connectivity index (χ1n) is 5.39. The van der Waals surface area contributed by atoms with Gasteiger partial charge in [0.05, 0.1) is 6.04 Å². The highest BCUT2D eigenvalue weighted by atomic mass is 35.5. The lowest BCUT2D eigenvalue weighted by atomic mass is 10.0. The van der Waals surface area contributed by atoms with Crippen molar-refractivity contribution in [3.05, 3.63) is 35.4 Å². The molecule has 0 bridgehead atoms. The Labute approximate surface area is 111 Å². The number of hydrogen-bond donors (Lipinski definition) is 2. The Hall–Kier alpha value is -1.20. The number of nitrogens with two attached hydrogens (primary N) is 1. The van der Waals surface area contributed by atoms with Gasteiger partial charge in [-0.25, -0.2) is 8.78 Å². The first-order valence-corrected chi connectivity index (χ1v) is 5.39. The van der Waals surface area contributed by atoms with E-state index in [1.165, 1.54) is 6.07 Å². The van der Waals surface area contributed by atoms with Crippen LogP contribution in [0, 0.1) is 17.6 Å². The number of carbonyl (C=O) groups is 1. The summed E-state index contributed by atoms with van der Waals surface area (Å²) < 4.78 is 25.9. The molecule has 0 aromatic heterocycles. The van der Waals surface area contributed by atoms with Crippen LogP contribution in [0.4, 0.5) is 8.78 Å². The second kappa shape index (κ2) is 7.28. The summed E-state index contributed by atoms with van der Waals surface area (Å²) in [5.41, 5.74) is 5.85. The van der Waals surface area contributed by atoms with E-state index in [4.69, 9.17) is 5.73 Å². The zero-order valence-electron chi connectivity index (χ0n) is 10.2. The SMILES string of the molecule is CC(C)[C@H](N)C(=O)NCc1ccc(F)cc1F.Cl. The zero-order chi connectivity index (χ0) is 13.0. The van der Waals surface area contributed by atoms with Crippen molar-refractivity contribution in [3.8, 4) is 0 Å². The molecule has 1 atom stereocenters. The fourth-order valence-electron chi connectivity index (χ4n) is 1.27. The van der Waals surface area contributed by atoms with Crippen LogP contribution in [-0.2, 0) is 11.3 Å². The van der Waals surface area contributed by atoms with E-state index in [-0.39, 0.29) is 36.3 Å². The Morgan fingerprint density at radius 1 is 1.39 bits per heavy atom. The second-order valence-electron chi connectivity index (χ2n) is 4.22. The quantitative estimate of drug-likeness (QED) is 0.885. The minimum Gasteiger partial charge on any atom is -0.351 e. The van der Waals surface area contributed by atoms with E-state index in [1.807, 2.05) is 13.8 Å². The molecule has 6 heteroatoms. The van der Waals surface area contributed by atoms with Gasteiger partial charge in [0, 0.05) is 18.2 Å². The Morgan fingerprint density at radius 3 is 2.50 bits per heavy atom. The molecule has 0 fully saturated rings. The van der Waals surface area contributed by atoms with Crippen molar-refractivity contribution in [2.45, 2.75) is 26.4 Å². The van der Waals surface area contributed by atoms with Crippen LogP contribution >= 0.6 is 12.4 Å². The highest BCUT2D eigenvalue weighted by molar-refractivity contribution is 5.85. The minimum absolute atomic E-state index is 0. The fourth-order valence-corrected chi connectivity index (χ4v) is 1.27. The van der Waals surface area contributed by atoms with Crippen LogP contribution in [0.1, 0.15) is 19.4 Å². The molecule has 0 spiro atoms. The number of amides is 1. The van der Waals surface area contributed by atoms with Crippen molar-refractivity contribution in [1.29, 1.82) is 0 Å².